The standard InChI is InChI=1S/C25H23N3O7S/c1-5-35-24(32)22-13(2)27-25(36-22)28-19(15-6-7-16(33-3)17(12-15)34-4)18(21(30)23(28)31)20(29)14-8-10-26-11-9-14/h6-12,19,29H,5H2,1-4H3. The molecule has 1 atom stereocenters. The van der Waals surface area contributed by atoms with Crippen molar-refractivity contribution in [1.82, 2.24) is 9.97 Å². The van der Waals surface area contributed by atoms with Gasteiger partial charge >= 0.3 is 11.9 Å². The second-order valence-corrected chi connectivity index (χ2v) is 8.63. The zero-order chi connectivity index (χ0) is 26.0. The summed E-state index contributed by atoms with van der Waals surface area (Å²) in [4.78, 5) is 48.8. The van der Waals surface area contributed by atoms with Crippen molar-refractivity contribution in [2.24, 2.45) is 0 Å². The number of ether oxygens (including phenoxy) is 3. The first kappa shape index (κ1) is 24.9. The van der Waals surface area contributed by atoms with Gasteiger partial charge in [0.25, 0.3) is 5.78 Å². The van der Waals surface area contributed by atoms with Gasteiger partial charge in [-0.05, 0) is 43.7 Å². The number of aliphatic hydroxyl groups is 1. The molecule has 4 rings (SSSR count). The van der Waals surface area contributed by atoms with E-state index in [0.29, 0.717) is 28.3 Å². The zero-order valence-corrected chi connectivity index (χ0v) is 20.8. The minimum absolute atomic E-state index is 0.117. The van der Waals surface area contributed by atoms with Crippen molar-refractivity contribution in [1.29, 1.82) is 0 Å². The molecule has 3 heterocycles. The van der Waals surface area contributed by atoms with E-state index in [1.165, 1.54) is 43.6 Å². The highest BCUT2D eigenvalue weighted by Crippen LogP contribution is 2.45. The highest BCUT2D eigenvalue weighted by atomic mass is 32.1. The SMILES string of the molecule is CCOC(=O)c1sc(N2C(=O)C(=O)C(=C(O)c3ccncc3)C2c2ccc(OC)c(OC)c2)nc1C. The lowest BCUT2D eigenvalue weighted by molar-refractivity contribution is -0.132. The summed E-state index contributed by atoms with van der Waals surface area (Å²) < 4.78 is 15.8. The van der Waals surface area contributed by atoms with E-state index in [0.717, 1.165) is 11.3 Å². The molecule has 1 fully saturated rings. The molecule has 1 unspecified atom stereocenters. The smallest absolute Gasteiger partial charge is 0.350 e. The molecule has 1 amide bonds. The number of esters is 1. The number of nitrogens with zero attached hydrogens (tertiary/aromatic N) is 3. The van der Waals surface area contributed by atoms with Crippen LogP contribution >= 0.6 is 11.3 Å². The molecule has 1 aliphatic rings. The number of hydrogen-bond donors (Lipinski definition) is 1. The minimum atomic E-state index is -1.06. The van der Waals surface area contributed by atoms with Crippen LogP contribution in [-0.2, 0) is 14.3 Å². The Kier molecular flexibility index (Phi) is 7.02. The van der Waals surface area contributed by atoms with E-state index in [1.807, 2.05) is 0 Å². The molecule has 0 saturated carbocycles. The summed E-state index contributed by atoms with van der Waals surface area (Å²) in [5, 5.41) is 11.3. The maximum absolute atomic E-state index is 13.3. The van der Waals surface area contributed by atoms with Gasteiger partial charge in [-0.15, -0.1) is 0 Å². The van der Waals surface area contributed by atoms with Crippen molar-refractivity contribution < 1.29 is 33.7 Å². The van der Waals surface area contributed by atoms with Crippen LogP contribution in [0.3, 0.4) is 0 Å². The zero-order valence-electron chi connectivity index (χ0n) is 20.0. The number of thiazole rings is 1. The molecule has 186 valence electrons. The Hall–Kier alpha value is -4.25. The Balaban J connectivity index is 1.94. The maximum atomic E-state index is 13.3. The number of rotatable bonds is 7. The van der Waals surface area contributed by atoms with Gasteiger partial charge in [-0.25, -0.2) is 9.78 Å². The summed E-state index contributed by atoms with van der Waals surface area (Å²) in [5.74, 6) is -1.91. The van der Waals surface area contributed by atoms with Crippen molar-refractivity contribution in [3.05, 3.63) is 70.0 Å². The molecule has 0 bridgehead atoms. The van der Waals surface area contributed by atoms with Crippen molar-refractivity contribution in [2.75, 3.05) is 25.7 Å². The summed E-state index contributed by atoms with van der Waals surface area (Å²) >= 11 is 0.933. The van der Waals surface area contributed by atoms with Gasteiger partial charge in [0, 0.05) is 18.0 Å². The summed E-state index contributed by atoms with van der Waals surface area (Å²) in [6.45, 7) is 3.47. The molecule has 1 N–H and O–H groups in total. The van der Waals surface area contributed by atoms with Crippen molar-refractivity contribution in [2.45, 2.75) is 19.9 Å². The van der Waals surface area contributed by atoms with Gasteiger partial charge in [-0.2, -0.15) is 0 Å². The number of carbonyl (C=O) groups excluding carboxylic acids is 3. The molecule has 1 aromatic carbocycles. The number of amides is 1. The van der Waals surface area contributed by atoms with Crippen molar-refractivity contribution in [3.8, 4) is 11.5 Å². The fraction of sp³-hybridized carbons (Fsp3) is 0.240. The fourth-order valence-corrected chi connectivity index (χ4v) is 4.89. The van der Waals surface area contributed by atoms with E-state index in [4.69, 9.17) is 14.2 Å². The van der Waals surface area contributed by atoms with Crippen LogP contribution < -0.4 is 14.4 Å². The summed E-state index contributed by atoms with van der Waals surface area (Å²) in [5.41, 5.74) is 1.00. The van der Waals surface area contributed by atoms with Crippen LogP contribution in [0.4, 0.5) is 5.13 Å². The first-order valence-corrected chi connectivity index (χ1v) is 11.7. The van der Waals surface area contributed by atoms with Crippen molar-refractivity contribution >= 4 is 39.9 Å². The largest absolute Gasteiger partial charge is 0.507 e. The van der Waals surface area contributed by atoms with E-state index in [2.05, 4.69) is 9.97 Å². The summed E-state index contributed by atoms with van der Waals surface area (Å²) in [6.07, 6.45) is 2.93. The van der Waals surface area contributed by atoms with E-state index in [1.54, 1.807) is 32.0 Å². The Morgan fingerprint density at radius 2 is 1.81 bits per heavy atom. The molecular formula is C25H23N3O7S. The number of ketones is 1. The van der Waals surface area contributed by atoms with Crippen LogP contribution in [0, 0.1) is 6.92 Å². The topological polar surface area (TPSA) is 128 Å². The van der Waals surface area contributed by atoms with Crippen LogP contribution in [-0.4, -0.2) is 53.6 Å². The number of aryl methyl sites for hydroxylation is 1. The van der Waals surface area contributed by atoms with Crippen LogP contribution in [0.2, 0.25) is 0 Å². The first-order valence-electron chi connectivity index (χ1n) is 10.9. The molecule has 1 saturated heterocycles. The minimum Gasteiger partial charge on any atom is -0.507 e. The predicted molar refractivity (Wildman–Crippen MR) is 131 cm³/mol. The summed E-state index contributed by atoms with van der Waals surface area (Å²) in [7, 11) is 2.95. The molecule has 0 radical (unpaired) electrons. The average Bonchev–Trinajstić information content (AvgIpc) is 3.40. The van der Waals surface area contributed by atoms with Gasteiger partial charge in [-0.3, -0.25) is 19.5 Å². The molecule has 11 heteroatoms. The highest BCUT2D eigenvalue weighted by Gasteiger charge is 2.48. The number of carbonyl (C=O) groups is 3. The Morgan fingerprint density at radius 3 is 2.44 bits per heavy atom. The molecule has 3 aromatic rings. The fourth-order valence-electron chi connectivity index (χ4n) is 3.90. The molecule has 0 aliphatic carbocycles. The Morgan fingerprint density at radius 1 is 1.11 bits per heavy atom. The van der Waals surface area contributed by atoms with Gasteiger partial charge in [0.2, 0.25) is 0 Å². The van der Waals surface area contributed by atoms with E-state index >= 15 is 0 Å². The molecule has 36 heavy (non-hydrogen) atoms. The Labute approximate surface area is 210 Å². The molecule has 2 aromatic heterocycles. The average molecular weight is 510 g/mol. The molecule has 1 aliphatic heterocycles. The third-order valence-electron chi connectivity index (χ3n) is 5.57. The predicted octanol–water partition coefficient (Wildman–Crippen LogP) is 3.67. The Bertz CT molecular complexity index is 1370. The van der Waals surface area contributed by atoms with Crippen molar-refractivity contribution in [3.63, 3.8) is 0 Å². The number of methoxy groups -OCH3 is 2. The van der Waals surface area contributed by atoms with Crippen LogP contribution in [0.5, 0.6) is 11.5 Å². The lowest BCUT2D eigenvalue weighted by Crippen LogP contribution is -2.29. The van der Waals surface area contributed by atoms with E-state index in [9.17, 15) is 19.5 Å². The first-order chi connectivity index (χ1) is 17.3. The number of anilines is 1. The van der Waals surface area contributed by atoms with Gasteiger partial charge in [-0.1, -0.05) is 17.4 Å². The number of Topliss-reactive ketones (excluding diaryl/α,β-unsaturated/α-hetero) is 1. The third-order valence-corrected chi connectivity index (χ3v) is 6.71. The quantitative estimate of drug-likeness (QED) is 0.220. The monoisotopic (exact) mass is 509 g/mol. The molecule has 0 spiro atoms. The second kappa shape index (κ2) is 10.2. The third kappa shape index (κ3) is 4.29. The van der Waals surface area contributed by atoms with Crippen LogP contribution in [0.1, 0.15) is 39.5 Å². The van der Waals surface area contributed by atoms with Crippen LogP contribution in [0.15, 0.2) is 48.3 Å². The van der Waals surface area contributed by atoms with E-state index < -0.39 is 23.7 Å². The van der Waals surface area contributed by atoms with E-state index in [-0.39, 0.29) is 27.9 Å². The van der Waals surface area contributed by atoms with Gasteiger partial charge in [0.05, 0.1) is 38.1 Å². The molecule has 10 nitrogen and oxygen atoms in total. The van der Waals surface area contributed by atoms with Crippen LogP contribution in [0.25, 0.3) is 5.76 Å². The molecular weight excluding hydrogens is 486 g/mol. The number of aliphatic hydroxyl groups excluding tert-OH is 1. The summed E-state index contributed by atoms with van der Waals surface area (Å²) in [6, 6.07) is 6.92. The van der Waals surface area contributed by atoms with Gasteiger partial charge in [0.15, 0.2) is 16.6 Å². The lowest BCUT2D eigenvalue weighted by Gasteiger charge is -2.23. The van der Waals surface area contributed by atoms with Gasteiger partial charge < -0.3 is 19.3 Å². The van der Waals surface area contributed by atoms with Gasteiger partial charge in [0.1, 0.15) is 10.6 Å². The maximum Gasteiger partial charge on any atom is 0.350 e. The number of pyridine rings is 1. The lowest BCUT2D eigenvalue weighted by atomic mass is 9.95. The normalized spacial score (nSPS) is 16.8. The number of hydrogen-bond acceptors (Lipinski definition) is 10. The number of aromatic nitrogens is 2. The number of benzene rings is 1. The highest BCUT2D eigenvalue weighted by molar-refractivity contribution is 7.17. The second-order valence-electron chi connectivity index (χ2n) is 7.65.